The molecule has 1 aromatic rings. The fourth-order valence-corrected chi connectivity index (χ4v) is 1.56. The largest absolute Gasteiger partial charge is 0.482 e. The minimum atomic E-state index is -0.941. The van der Waals surface area contributed by atoms with Gasteiger partial charge in [0.25, 0.3) is 5.91 Å². The first kappa shape index (κ1) is 11.3. The number of nitrogens with one attached hydrogen (secondary N) is 1. The number of amides is 1. The number of carbonyl (C=O) groups excluding carboxylic acids is 1. The van der Waals surface area contributed by atoms with E-state index in [-0.39, 0.29) is 19.1 Å². The van der Waals surface area contributed by atoms with Crippen molar-refractivity contribution in [3.05, 3.63) is 18.2 Å². The second-order valence-corrected chi connectivity index (χ2v) is 3.67. The molecule has 1 aliphatic rings. The molecule has 1 amide bonds. The Labute approximate surface area is 97.8 Å². The maximum Gasteiger partial charge on any atom is 0.322 e. The second kappa shape index (κ2) is 4.32. The van der Waals surface area contributed by atoms with Crippen molar-refractivity contribution in [2.75, 3.05) is 30.4 Å². The lowest BCUT2D eigenvalue weighted by molar-refractivity contribution is -0.135. The van der Waals surface area contributed by atoms with E-state index in [0.29, 0.717) is 17.1 Å². The molecule has 6 nitrogen and oxygen atoms in total. The van der Waals surface area contributed by atoms with Crippen molar-refractivity contribution in [1.82, 2.24) is 0 Å². The number of anilines is 2. The summed E-state index contributed by atoms with van der Waals surface area (Å²) in [5, 5.41) is 11.3. The van der Waals surface area contributed by atoms with Gasteiger partial charge in [0.15, 0.2) is 6.61 Å². The third-order valence-corrected chi connectivity index (χ3v) is 2.49. The molecule has 1 aromatic carbocycles. The Hall–Kier alpha value is -2.24. The van der Waals surface area contributed by atoms with E-state index in [2.05, 4.69) is 5.32 Å². The molecule has 90 valence electrons. The second-order valence-electron chi connectivity index (χ2n) is 3.67. The Morgan fingerprint density at radius 3 is 3.06 bits per heavy atom. The van der Waals surface area contributed by atoms with E-state index in [4.69, 9.17) is 9.84 Å². The van der Waals surface area contributed by atoms with Crippen LogP contribution in [0, 0.1) is 0 Å². The number of carboxylic acid groups (broad SMARTS) is 1. The summed E-state index contributed by atoms with van der Waals surface area (Å²) < 4.78 is 5.25. The first-order chi connectivity index (χ1) is 8.08. The normalized spacial score (nSPS) is 13.9. The predicted octanol–water partition coefficient (Wildman–Crippen LogP) is 0.538. The Bertz CT molecular complexity index is 473. The molecule has 0 atom stereocenters. The summed E-state index contributed by atoms with van der Waals surface area (Å²) >= 11 is 0. The highest BCUT2D eigenvalue weighted by Gasteiger charge is 2.22. The van der Waals surface area contributed by atoms with Gasteiger partial charge < -0.3 is 20.1 Å². The van der Waals surface area contributed by atoms with Crippen LogP contribution in [0.15, 0.2) is 18.2 Å². The number of ether oxygens (including phenoxy) is 1. The van der Waals surface area contributed by atoms with Crippen molar-refractivity contribution < 1.29 is 19.4 Å². The van der Waals surface area contributed by atoms with Gasteiger partial charge in [-0.1, -0.05) is 0 Å². The number of likely N-dealkylation sites (N-methyl/N-ethyl adjacent to an activating group) is 1. The Balaban J connectivity index is 2.23. The monoisotopic (exact) mass is 236 g/mol. The van der Waals surface area contributed by atoms with E-state index in [1.807, 2.05) is 0 Å². The average molecular weight is 236 g/mol. The quantitative estimate of drug-likeness (QED) is 0.800. The summed E-state index contributed by atoms with van der Waals surface area (Å²) in [6, 6.07) is 5.11. The number of carbonyl (C=O) groups is 2. The summed E-state index contributed by atoms with van der Waals surface area (Å²) in [6.07, 6.45) is 0. The summed E-state index contributed by atoms with van der Waals surface area (Å²) in [6.45, 7) is -0.136. The van der Waals surface area contributed by atoms with E-state index in [9.17, 15) is 9.59 Å². The van der Waals surface area contributed by atoms with Crippen molar-refractivity contribution >= 4 is 23.3 Å². The molecule has 0 radical (unpaired) electrons. The number of rotatable bonds is 3. The van der Waals surface area contributed by atoms with Crippen molar-refractivity contribution in [3.63, 3.8) is 0 Å². The molecule has 2 rings (SSSR count). The zero-order valence-electron chi connectivity index (χ0n) is 9.27. The number of aliphatic carboxylic acids is 1. The van der Waals surface area contributed by atoms with Gasteiger partial charge in [0.2, 0.25) is 0 Å². The molecule has 2 N–H and O–H groups in total. The van der Waals surface area contributed by atoms with Gasteiger partial charge >= 0.3 is 5.97 Å². The van der Waals surface area contributed by atoms with Gasteiger partial charge in [0, 0.05) is 12.7 Å². The highest BCUT2D eigenvalue weighted by atomic mass is 16.5. The zero-order valence-corrected chi connectivity index (χ0v) is 9.27. The van der Waals surface area contributed by atoms with Crippen molar-refractivity contribution in [3.8, 4) is 5.75 Å². The van der Waals surface area contributed by atoms with E-state index in [1.54, 1.807) is 25.2 Å². The molecule has 1 aliphatic heterocycles. The Morgan fingerprint density at radius 2 is 2.35 bits per heavy atom. The molecule has 0 spiro atoms. The van der Waals surface area contributed by atoms with Crippen LogP contribution in [0.1, 0.15) is 0 Å². The third-order valence-electron chi connectivity index (χ3n) is 2.49. The van der Waals surface area contributed by atoms with Gasteiger partial charge in [-0.15, -0.1) is 0 Å². The van der Waals surface area contributed by atoms with Gasteiger partial charge in [0.1, 0.15) is 12.3 Å². The fraction of sp³-hybridized carbons (Fsp3) is 0.273. The summed E-state index contributed by atoms with van der Waals surface area (Å²) in [4.78, 5) is 23.3. The number of benzene rings is 1. The first-order valence-corrected chi connectivity index (χ1v) is 5.07. The van der Waals surface area contributed by atoms with Gasteiger partial charge in [0.05, 0.1) is 5.69 Å². The average Bonchev–Trinajstić information content (AvgIpc) is 2.31. The summed E-state index contributed by atoms with van der Waals surface area (Å²) in [7, 11) is 1.66. The maximum absolute atomic E-state index is 11.4. The molecular formula is C11H12N2O4. The van der Waals surface area contributed by atoms with Gasteiger partial charge in [-0.3, -0.25) is 9.59 Å². The molecule has 0 fully saturated rings. The van der Waals surface area contributed by atoms with Crippen LogP contribution < -0.4 is 15.0 Å². The molecule has 17 heavy (non-hydrogen) atoms. The van der Waals surface area contributed by atoms with Crippen molar-refractivity contribution in [2.24, 2.45) is 0 Å². The van der Waals surface area contributed by atoms with Crippen LogP contribution in [0.3, 0.4) is 0 Å². The maximum atomic E-state index is 11.4. The topological polar surface area (TPSA) is 78.9 Å². The van der Waals surface area contributed by atoms with E-state index < -0.39 is 5.97 Å². The highest BCUT2D eigenvalue weighted by molar-refractivity contribution is 5.97. The van der Waals surface area contributed by atoms with Gasteiger partial charge in [-0.2, -0.15) is 0 Å². The smallest absolute Gasteiger partial charge is 0.322 e. The van der Waals surface area contributed by atoms with Crippen LogP contribution in [-0.2, 0) is 9.59 Å². The van der Waals surface area contributed by atoms with E-state index in [1.165, 1.54) is 4.90 Å². The van der Waals surface area contributed by atoms with Crippen LogP contribution in [0.5, 0.6) is 5.75 Å². The van der Waals surface area contributed by atoms with Crippen LogP contribution in [0.25, 0.3) is 0 Å². The van der Waals surface area contributed by atoms with Gasteiger partial charge in [-0.05, 0) is 18.2 Å². The fourth-order valence-electron chi connectivity index (χ4n) is 1.56. The lowest BCUT2D eigenvalue weighted by Gasteiger charge is -2.26. The van der Waals surface area contributed by atoms with Gasteiger partial charge in [-0.25, -0.2) is 0 Å². The number of hydrogen-bond acceptors (Lipinski definition) is 4. The molecular weight excluding hydrogens is 224 g/mol. The van der Waals surface area contributed by atoms with Crippen LogP contribution in [-0.4, -0.2) is 37.2 Å². The molecule has 6 heteroatoms. The van der Waals surface area contributed by atoms with Crippen LogP contribution in [0.2, 0.25) is 0 Å². The molecule has 0 bridgehead atoms. The zero-order chi connectivity index (χ0) is 12.4. The molecule has 0 unspecified atom stereocenters. The third kappa shape index (κ3) is 2.30. The number of hydrogen-bond donors (Lipinski definition) is 2. The lowest BCUT2D eigenvalue weighted by atomic mass is 10.2. The predicted molar refractivity (Wildman–Crippen MR) is 61.5 cm³/mol. The lowest BCUT2D eigenvalue weighted by Crippen LogP contribution is -2.35. The van der Waals surface area contributed by atoms with Crippen molar-refractivity contribution in [1.29, 1.82) is 0 Å². The number of carboxylic acids is 1. The molecule has 1 heterocycles. The highest BCUT2D eigenvalue weighted by Crippen LogP contribution is 2.33. The molecule has 0 aliphatic carbocycles. The standard InChI is InChI=1S/C11H12N2O4/c1-13-8-4-7(12-5-11(15)16)2-3-9(8)17-6-10(13)14/h2-4,12H,5-6H2,1H3,(H,15,16). The van der Waals surface area contributed by atoms with E-state index in [0.717, 1.165) is 0 Å². The summed E-state index contributed by atoms with van der Waals surface area (Å²) in [5.41, 5.74) is 1.27. The van der Waals surface area contributed by atoms with Crippen LogP contribution in [0.4, 0.5) is 11.4 Å². The SMILES string of the molecule is CN1C(=O)COc2ccc(NCC(=O)O)cc21. The molecule has 0 aromatic heterocycles. The van der Waals surface area contributed by atoms with E-state index >= 15 is 0 Å². The first-order valence-electron chi connectivity index (χ1n) is 5.07. The minimum absolute atomic E-state index is 0.0331. The number of nitrogens with zero attached hydrogens (tertiary/aromatic N) is 1. The van der Waals surface area contributed by atoms with Crippen LogP contribution >= 0.6 is 0 Å². The molecule has 0 saturated heterocycles. The summed E-state index contributed by atoms with van der Waals surface area (Å²) in [5.74, 6) is -0.454. The van der Waals surface area contributed by atoms with Crippen molar-refractivity contribution in [2.45, 2.75) is 0 Å². The minimum Gasteiger partial charge on any atom is -0.482 e. The number of fused-ring (bicyclic) bond motifs is 1. The Morgan fingerprint density at radius 1 is 1.59 bits per heavy atom. The Kier molecular flexibility index (Phi) is 2.86. The molecule has 0 saturated carbocycles.